The van der Waals surface area contributed by atoms with Crippen molar-refractivity contribution >= 4 is 40.3 Å². The molecule has 37 heavy (non-hydrogen) atoms. The lowest BCUT2D eigenvalue weighted by atomic mass is 10.0. The Morgan fingerprint density at radius 1 is 1.08 bits per heavy atom. The van der Waals surface area contributed by atoms with Crippen LogP contribution in [0.15, 0.2) is 36.7 Å². The number of hydrogen-bond donors (Lipinski definition) is 2. The fourth-order valence-corrected chi connectivity index (χ4v) is 5.00. The van der Waals surface area contributed by atoms with Crippen molar-refractivity contribution in [3.05, 3.63) is 47.6 Å². The molecule has 4 heterocycles. The van der Waals surface area contributed by atoms with Gasteiger partial charge in [0, 0.05) is 43.8 Å². The SMILES string of the molecule is C[C@@H]1CN(c2cc(F)c(-c3cccc(N4CCOCC4)n3)cc2Nc2ncnc(Cl)c2N)C[C@H](C)N1C. The average molecular weight is 527 g/mol. The summed E-state index contributed by atoms with van der Waals surface area (Å²) in [6.07, 6.45) is 1.35. The summed E-state index contributed by atoms with van der Waals surface area (Å²) in [5.74, 6) is 0.816. The number of nitrogens with two attached hydrogens (primary N) is 1. The van der Waals surface area contributed by atoms with Crippen molar-refractivity contribution in [1.29, 1.82) is 0 Å². The Kier molecular flexibility index (Phi) is 7.32. The number of ether oxygens (including phenoxy) is 1. The van der Waals surface area contributed by atoms with Gasteiger partial charge in [0.15, 0.2) is 11.0 Å². The molecular weight excluding hydrogens is 495 g/mol. The van der Waals surface area contributed by atoms with Crippen LogP contribution in [0, 0.1) is 5.82 Å². The number of aromatic nitrogens is 3. The molecule has 2 saturated heterocycles. The minimum atomic E-state index is -0.347. The highest BCUT2D eigenvalue weighted by Gasteiger charge is 2.29. The zero-order valence-electron chi connectivity index (χ0n) is 21.3. The summed E-state index contributed by atoms with van der Waals surface area (Å²) in [7, 11) is 2.12. The number of anilines is 5. The monoisotopic (exact) mass is 526 g/mol. The zero-order chi connectivity index (χ0) is 26.1. The van der Waals surface area contributed by atoms with E-state index >= 15 is 4.39 Å². The van der Waals surface area contributed by atoms with Crippen LogP contribution < -0.4 is 20.9 Å². The second-order valence-corrected chi connectivity index (χ2v) is 10.0. The highest BCUT2D eigenvalue weighted by molar-refractivity contribution is 6.32. The molecule has 0 spiro atoms. The molecule has 0 saturated carbocycles. The maximum absolute atomic E-state index is 15.8. The van der Waals surface area contributed by atoms with E-state index in [1.807, 2.05) is 18.2 Å². The Bertz CT molecular complexity index is 1260. The van der Waals surface area contributed by atoms with E-state index in [-0.39, 0.29) is 16.7 Å². The zero-order valence-corrected chi connectivity index (χ0v) is 22.0. The number of nitrogen functional groups attached to an aromatic ring is 1. The van der Waals surface area contributed by atoms with E-state index in [9.17, 15) is 0 Å². The molecule has 2 atom stereocenters. The first-order chi connectivity index (χ1) is 17.8. The molecule has 3 aromatic rings. The lowest BCUT2D eigenvalue weighted by Crippen LogP contribution is -2.55. The van der Waals surface area contributed by atoms with Crippen LogP contribution in [0.4, 0.5) is 33.1 Å². The van der Waals surface area contributed by atoms with Gasteiger partial charge in [-0.05, 0) is 45.2 Å². The van der Waals surface area contributed by atoms with Crippen molar-refractivity contribution in [2.45, 2.75) is 25.9 Å². The number of nitrogens with zero attached hydrogens (tertiary/aromatic N) is 6. The second-order valence-electron chi connectivity index (χ2n) is 9.65. The number of pyridine rings is 1. The predicted molar refractivity (Wildman–Crippen MR) is 146 cm³/mol. The van der Waals surface area contributed by atoms with Crippen molar-refractivity contribution < 1.29 is 9.13 Å². The van der Waals surface area contributed by atoms with Gasteiger partial charge < -0.3 is 25.6 Å². The predicted octanol–water partition coefficient (Wildman–Crippen LogP) is 4.02. The second kappa shape index (κ2) is 10.6. The lowest BCUT2D eigenvalue weighted by Gasteiger charge is -2.44. The van der Waals surface area contributed by atoms with E-state index < -0.39 is 0 Å². The Labute approximate surface area is 221 Å². The van der Waals surface area contributed by atoms with E-state index in [1.54, 1.807) is 12.1 Å². The smallest absolute Gasteiger partial charge is 0.158 e. The van der Waals surface area contributed by atoms with Crippen molar-refractivity contribution in [1.82, 2.24) is 19.9 Å². The summed E-state index contributed by atoms with van der Waals surface area (Å²) < 4.78 is 21.3. The van der Waals surface area contributed by atoms with Crippen LogP contribution in [0.5, 0.6) is 0 Å². The topological polar surface area (TPSA) is 95.7 Å². The number of hydrogen-bond acceptors (Lipinski definition) is 9. The molecule has 2 aliphatic rings. The molecule has 196 valence electrons. The van der Waals surface area contributed by atoms with Gasteiger partial charge in [-0.15, -0.1) is 0 Å². The van der Waals surface area contributed by atoms with Crippen molar-refractivity contribution in [3.8, 4) is 11.3 Å². The summed E-state index contributed by atoms with van der Waals surface area (Å²) >= 11 is 6.15. The summed E-state index contributed by atoms with van der Waals surface area (Å²) in [5, 5.41) is 3.45. The summed E-state index contributed by atoms with van der Waals surface area (Å²) in [6, 6.07) is 9.61. The van der Waals surface area contributed by atoms with Crippen molar-refractivity contribution in [2.24, 2.45) is 0 Å². The highest BCUT2D eigenvalue weighted by Crippen LogP contribution is 2.38. The van der Waals surface area contributed by atoms with Crippen molar-refractivity contribution in [2.75, 3.05) is 67.3 Å². The van der Waals surface area contributed by atoms with Gasteiger partial charge in [0.05, 0.1) is 30.3 Å². The van der Waals surface area contributed by atoms with Gasteiger partial charge in [0.25, 0.3) is 0 Å². The largest absolute Gasteiger partial charge is 0.393 e. The fraction of sp³-hybridized carbons (Fsp3) is 0.423. The molecule has 1 aromatic carbocycles. The lowest BCUT2D eigenvalue weighted by molar-refractivity contribution is 0.122. The van der Waals surface area contributed by atoms with Crippen molar-refractivity contribution in [3.63, 3.8) is 0 Å². The molecule has 0 aliphatic carbocycles. The van der Waals surface area contributed by atoms with E-state index in [4.69, 9.17) is 27.1 Å². The minimum Gasteiger partial charge on any atom is -0.393 e. The third-order valence-corrected chi connectivity index (χ3v) is 7.52. The summed E-state index contributed by atoms with van der Waals surface area (Å²) in [5.41, 5.74) is 8.72. The van der Waals surface area contributed by atoms with Crippen LogP contribution in [0.2, 0.25) is 5.15 Å². The molecule has 2 aliphatic heterocycles. The van der Waals surface area contributed by atoms with E-state index in [0.29, 0.717) is 48.1 Å². The maximum atomic E-state index is 15.8. The van der Waals surface area contributed by atoms with Crippen LogP contribution in [0.25, 0.3) is 11.3 Å². The molecule has 0 radical (unpaired) electrons. The Morgan fingerprint density at radius 2 is 1.81 bits per heavy atom. The number of piperazine rings is 1. The first kappa shape index (κ1) is 25.4. The van der Waals surface area contributed by atoms with Gasteiger partial charge in [0.1, 0.15) is 23.6 Å². The Morgan fingerprint density at radius 3 is 2.54 bits per heavy atom. The quantitative estimate of drug-likeness (QED) is 0.478. The molecule has 9 nitrogen and oxygen atoms in total. The van der Waals surface area contributed by atoms with Gasteiger partial charge in [0.2, 0.25) is 0 Å². The van der Waals surface area contributed by atoms with Crippen LogP contribution in [-0.4, -0.2) is 78.4 Å². The molecule has 5 rings (SSSR count). The van der Waals surface area contributed by atoms with Crippen LogP contribution in [0.1, 0.15) is 13.8 Å². The number of halogens is 2. The Hall–Kier alpha value is -3.21. The van der Waals surface area contributed by atoms with Crippen LogP contribution >= 0.6 is 11.6 Å². The van der Waals surface area contributed by atoms with Gasteiger partial charge in [-0.1, -0.05) is 17.7 Å². The first-order valence-corrected chi connectivity index (χ1v) is 12.8. The molecule has 2 aromatic heterocycles. The van der Waals surface area contributed by atoms with Crippen LogP contribution in [-0.2, 0) is 4.74 Å². The fourth-order valence-electron chi connectivity index (χ4n) is 4.87. The Balaban J connectivity index is 1.57. The van der Waals surface area contributed by atoms with Gasteiger partial charge in [-0.25, -0.2) is 19.3 Å². The molecule has 0 amide bonds. The number of morpholine rings is 1. The van der Waals surface area contributed by atoms with Gasteiger partial charge >= 0.3 is 0 Å². The minimum absolute atomic E-state index is 0.156. The summed E-state index contributed by atoms with van der Waals surface area (Å²) in [6.45, 7) is 8.63. The third-order valence-electron chi connectivity index (χ3n) is 7.22. The maximum Gasteiger partial charge on any atom is 0.158 e. The molecule has 0 unspecified atom stereocenters. The number of nitrogens with one attached hydrogen (secondary N) is 1. The first-order valence-electron chi connectivity index (χ1n) is 12.5. The van der Waals surface area contributed by atoms with E-state index in [2.05, 4.69) is 50.9 Å². The van der Waals surface area contributed by atoms with Gasteiger partial charge in [-0.3, -0.25) is 4.90 Å². The molecule has 0 bridgehead atoms. The number of rotatable bonds is 5. The van der Waals surface area contributed by atoms with Gasteiger partial charge in [-0.2, -0.15) is 0 Å². The molecule has 11 heteroatoms. The summed E-state index contributed by atoms with van der Waals surface area (Å²) in [4.78, 5) is 19.7. The average Bonchev–Trinajstić information content (AvgIpc) is 2.91. The molecule has 3 N–H and O–H groups in total. The van der Waals surface area contributed by atoms with Crippen LogP contribution in [0.3, 0.4) is 0 Å². The highest BCUT2D eigenvalue weighted by atomic mass is 35.5. The third kappa shape index (κ3) is 5.27. The van der Waals surface area contributed by atoms with E-state index in [0.717, 1.165) is 37.7 Å². The molecule has 2 fully saturated rings. The number of benzene rings is 1. The normalized spacial score (nSPS) is 20.8. The van der Waals surface area contributed by atoms with E-state index in [1.165, 1.54) is 6.33 Å². The standard InChI is InChI=1S/C26H32ClFN8O/c1-16-13-36(14-17(2)34(16)3)22-12-19(28)18(11-21(22)33-26-24(29)25(27)30-15-31-26)20-5-4-6-23(32-20)35-7-9-37-10-8-35/h4-6,11-12,15-17H,7-10,13-14,29H2,1-3H3,(H,30,31,33)/t16-,17+. The molecular formula is C26H32ClFN8O. The number of likely N-dealkylation sites (N-methyl/N-ethyl adjacent to an activating group) is 1.